The molecule has 0 aromatic heterocycles. The summed E-state index contributed by atoms with van der Waals surface area (Å²) in [6, 6.07) is -0.878. The average Bonchev–Trinajstić information content (AvgIpc) is 3.42. The summed E-state index contributed by atoms with van der Waals surface area (Å²) >= 11 is 0. The Kier molecular flexibility index (Phi) is 56.7. The predicted molar refractivity (Wildman–Crippen MR) is 345 cm³/mol. The monoisotopic (exact) mass is 1120 g/mol. The van der Waals surface area contributed by atoms with E-state index in [1.54, 1.807) is 6.08 Å². The molecule has 0 fully saturated rings. The molecule has 0 rings (SSSR count). The van der Waals surface area contributed by atoms with Crippen molar-refractivity contribution in [2.45, 2.75) is 264 Å². The van der Waals surface area contributed by atoms with Crippen molar-refractivity contribution in [3.8, 4) is 0 Å². The molecule has 8 nitrogen and oxygen atoms in total. The number of aliphatic hydroxyl groups excluding tert-OH is 1. The van der Waals surface area contributed by atoms with E-state index in [0.29, 0.717) is 17.4 Å². The summed E-state index contributed by atoms with van der Waals surface area (Å²) in [6.07, 6.45) is 90.0. The Morgan fingerprint density at radius 3 is 1.16 bits per heavy atom. The van der Waals surface area contributed by atoms with Crippen molar-refractivity contribution in [1.29, 1.82) is 0 Å². The van der Waals surface area contributed by atoms with Crippen LogP contribution in [0.15, 0.2) is 134 Å². The molecule has 79 heavy (non-hydrogen) atoms. The number of amides is 1. The van der Waals surface area contributed by atoms with Crippen molar-refractivity contribution < 1.29 is 32.9 Å². The van der Waals surface area contributed by atoms with Crippen molar-refractivity contribution in [3.63, 3.8) is 0 Å². The van der Waals surface area contributed by atoms with Gasteiger partial charge in [0.15, 0.2) is 0 Å². The van der Waals surface area contributed by atoms with Crippen LogP contribution in [0.2, 0.25) is 0 Å². The molecule has 0 aliphatic heterocycles. The number of phosphoric acid groups is 1. The lowest BCUT2D eigenvalue weighted by atomic mass is 10.0. The first kappa shape index (κ1) is 75.6. The number of quaternary nitrogens is 1. The molecule has 0 saturated heterocycles. The molecule has 0 aromatic rings. The van der Waals surface area contributed by atoms with Gasteiger partial charge in [-0.2, -0.15) is 0 Å². The Bertz CT molecular complexity index is 1750. The number of hydrogen-bond donors (Lipinski definition) is 3. The summed E-state index contributed by atoms with van der Waals surface area (Å²) < 4.78 is 23.7. The normalized spacial score (nSPS) is 14.7. The molecule has 0 aliphatic rings. The van der Waals surface area contributed by atoms with Gasteiger partial charge in [-0.25, -0.2) is 4.57 Å². The van der Waals surface area contributed by atoms with E-state index in [9.17, 15) is 19.4 Å². The largest absolute Gasteiger partial charge is 0.472 e. The second kappa shape index (κ2) is 59.3. The average molecular weight is 1120 g/mol. The predicted octanol–water partition coefficient (Wildman–Crippen LogP) is 20.3. The zero-order valence-corrected chi connectivity index (χ0v) is 52.5. The van der Waals surface area contributed by atoms with Crippen LogP contribution >= 0.6 is 7.82 Å². The maximum atomic E-state index is 13.0. The van der Waals surface area contributed by atoms with Gasteiger partial charge >= 0.3 is 7.82 Å². The van der Waals surface area contributed by atoms with Crippen LogP contribution in [-0.4, -0.2) is 73.4 Å². The lowest BCUT2D eigenvalue weighted by Crippen LogP contribution is -2.45. The van der Waals surface area contributed by atoms with Gasteiger partial charge in [0.25, 0.3) is 0 Å². The van der Waals surface area contributed by atoms with Crippen LogP contribution in [0.25, 0.3) is 0 Å². The van der Waals surface area contributed by atoms with Gasteiger partial charge in [0.1, 0.15) is 13.2 Å². The fourth-order valence-corrected chi connectivity index (χ4v) is 9.36. The van der Waals surface area contributed by atoms with Gasteiger partial charge in [-0.15, -0.1) is 0 Å². The lowest BCUT2D eigenvalue weighted by molar-refractivity contribution is -0.870. The van der Waals surface area contributed by atoms with E-state index >= 15 is 0 Å². The van der Waals surface area contributed by atoms with Crippen molar-refractivity contribution in [2.75, 3.05) is 40.9 Å². The lowest BCUT2D eigenvalue weighted by Gasteiger charge is -2.25. The van der Waals surface area contributed by atoms with Crippen LogP contribution in [0.1, 0.15) is 251 Å². The molecule has 1 amide bonds. The Balaban J connectivity index is 4.12. The third-order valence-corrected chi connectivity index (χ3v) is 14.6. The summed E-state index contributed by atoms with van der Waals surface area (Å²) in [4.78, 5) is 23.3. The molecule has 452 valence electrons. The van der Waals surface area contributed by atoms with Gasteiger partial charge in [-0.3, -0.25) is 13.8 Å². The number of rotatable bonds is 57. The van der Waals surface area contributed by atoms with Gasteiger partial charge in [-0.1, -0.05) is 270 Å². The summed E-state index contributed by atoms with van der Waals surface area (Å²) in [6.45, 7) is 4.66. The standard InChI is InChI=1S/C70H121N2O6P/c1-6-8-10-12-14-16-18-20-22-24-26-27-28-29-30-31-32-33-34-35-36-37-38-39-40-41-42-43-44-45-46-48-50-52-54-56-58-60-62-64-70(74)71-68(67-78-79(75,76)77-66-65-72(3,4)5)69(73)63-61-59-57-55-53-51-49-47-25-23-21-19-17-15-13-11-9-7-2/h8,10,14,16,20,22,25-27,29-30,32-33,35-36,38-39,47,53,55,61,63,68-69,73H,6-7,9,11-13,15,17-19,21,23-24,28,31,34,37,40-46,48-52,54,56-60,62,64-67H2,1-5H3,(H-,71,74,75,76)/p+1/b10-8-,16-14-,22-20-,27-26-,30-29-,33-32-,36-35-,39-38-,47-25+,55-53+,63-61+. The Labute approximate surface area is 487 Å². The highest BCUT2D eigenvalue weighted by Gasteiger charge is 2.27. The second-order valence-corrected chi connectivity index (χ2v) is 23.8. The van der Waals surface area contributed by atoms with Crippen LogP contribution in [0.4, 0.5) is 0 Å². The summed E-state index contributed by atoms with van der Waals surface area (Å²) in [7, 11) is 1.53. The van der Waals surface area contributed by atoms with E-state index < -0.39 is 20.0 Å². The van der Waals surface area contributed by atoms with Crippen molar-refractivity contribution in [2.24, 2.45) is 0 Å². The molecule has 0 aliphatic carbocycles. The van der Waals surface area contributed by atoms with Gasteiger partial charge in [0, 0.05) is 6.42 Å². The minimum Gasteiger partial charge on any atom is -0.387 e. The number of carbonyl (C=O) groups excluding carboxylic acids is 1. The van der Waals surface area contributed by atoms with Crippen LogP contribution in [0.3, 0.4) is 0 Å². The number of nitrogens with zero attached hydrogens (tertiary/aromatic N) is 1. The topological polar surface area (TPSA) is 105 Å². The molecular weight excluding hydrogens is 996 g/mol. The molecule has 0 radical (unpaired) electrons. The van der Waals surface area contributed by atoms with Crippen LogP contribution in [-0.2, 0) is 18.4 Å². The number of aliphatic hydroxyl groups is 1. The van der Waals surface area contributed by atoms with E-state index in [-0.39, 0.29) is 19.1 Å². The highest BCUT2D eigenvalue weighted by Crippen LogP contribution is 2.43. The first-order valence-electron chi connectivity index (χ1n) is 32.1. The van der Waals surface area contributed by atoms with Crippen molar-refractivity contribution >= 4 is 13.7 Å². The first-order chi connectivity index (χ1) is 38.5. The quantitative estimate of drug-likeness (QED) is 0.0243. The van der Waals surface area contributed by atoms with E-state index in [0.717, 1.165) is 96.3 Å². The zero-order chi connectivity index (χ0) is 57.7. The Hall–Kier alpha value is -3.36. The minimum absolute atomic E-state index is 0.0483. The summed E-state index contributed by atoms with van der Waals surface area (Å²) in [5, 5.41) is 13.9. The maximum absolute atomic E-state index is 13.0. The second-order valence-electron chi connectivity index (χ2n) is 22.4. The molecule has 0 saturated carbocycles. The minimum atomic E-state index is -4.37. The van der Waals surface area contributed by atoms with Crippen LogP contribution < -0.4 is 5.32 Å². The third-order valence-electron chi connectivity index (χ3n) is 13.6. The Morgan fingerprint density at radius 2 is 0.772 bits per heavy atom. The number of phosphoric ester groups is 1. The number of carbonyl (C=O) groups is 1. The van der Waals surface area contributed by atoms with E-state index in [1.165, 1.54) is 135 Å². The molecule has 3 unspecified atom stereocenters. The van der Waals surface area contributed by atoms with E-state index in [1.807, 2.05) is 27.2 Å². The number of nitrogens with one attached hydrogen (secondary N) is 1. The van der Waals surface area contributed by atoms with Gasteiger partial charge < -0.3 is 19.8 Å². The van der Waals surface area contributed by atoms with Gasteiger partial charge in [-0.05, 0) is 109 Å². The fourth-order valence-electron chi connectivity index (χ4n) is 8.62. The maximum Gasteiger partial charge on any atom is 0.472 e. The molecule has 3 atom stereocenters. The van der Waals surface area contributed by atoms with E-state index in [2.05, 4.69) is 141 Å². The molecule has 0 aromatic carbocycles. The number of allylic oxidation sites excluding steroid dienone is 21. The highest BCUT2D eigenvalue weighted by molar-refractivity contribution is 7.47. The Morgan fingerprint density at radius 1 is 0.443 bits per heavy atom. The summed E-state index contributed by atoms with van der Waals surface area (Å²) in [5.41, 5.74) is 0. The van der Waals surface area contributed by atoms with Gasteiger partial charge in [0.2, 0.25) is 5.91 Å². The molecular formula is C70H122N2O6P+. The van der Waals surface area contributed by atoms with Gasteiger partial charge in [0.05, 0.1) is 39.9 Å². The molecule has 0 heterocycles. The number of unbranched alkanes of at least 4 members (excludes halogenated alkanes) is 24. The first-order valence-corrected chi connectivity index (χ1v) is 33.6. The number of hydrogen-bond acceptors (Lipinski definition) is 5. The molecule has 9 heteroatoms. The highest BCUT2D eigenvalue weighted by atomic mass is 31.2. The molecule has 0 spiro atoms. The smallest absolute Gasteiger partial charge is 0.387 e. The number of likely N-dealkylation sites (N-methyl/N-ethyl adjacent to an activating group) is 1. The third kappa shape index (κ3) is 62.1. The fraction of sp³-hybridized carbons (Fsp3) is 0.671. The van der Waals surface area contributed by atoms with Crippen molar-refractivity contribution in [1.82, 2.24) is 5.32 Å². The SMILES string of the molecule is CC/C=C\C/C=C\C/C=C\C/C=C\C/C=C\C/C=C\C/C=C\C/C=C\CCCCCCCCCCCCCCCCC(=O)NC(COP(=O)(O)OCC[N+](C)(C)C)C(O)/C=C/CC/C=C/CC/C=C/CCCCCCCCCC. The summed E-state index contributed by atoms with van der Waals surface area (Å²) in [5.74, 6) is -0.196. The van der Waals surface area contributed by atoms with Crippen LogP contribution in [0, 0.1) is 0 Å². The zero-order valence-electron chi connectivity index (χ0n) is 51.6. The van der Waals surface area contributed by atoms with Crippen molar-refractivity contribution in [3.05, 3.63) is 134 Å². The molecule has 3 N–H and O–H groups in total. The molecule has 0 bridgehead atoms. The van der Waals surface area contributed by atoms with Crippen LogP contribution in [0.5, 0.6) is 0 Å². The van der Waals surface area contributed by atoms with E-state index in [4.69, 9.17) is 9.05 Å².